The molecule has 2 rings (SSSR count). The number of nitrogens with zero attached hydrogens (tertiary/aromatic N) is 1. The number of rotatable bonds is 4. The van der Waals surface area contributed by atoms with Crippen LogP contribution in [0.4, 0.5) is 5.82 Å². The van der Waals surface area contributed by atoms with E-state index in [0.29, 0.717) is 12.2 Å². The SMILES string of the molecule is CCc1cc(NC(=O)Cc2ccc(C)c(C)c2)n[nH]1. The lowest BCUT2D eigenvalue weighted by Crippen LogP contribution is -2.14. The molecule has 0 aliphatic carbocycles. The van der Waals surface area contributed by atoms with E-state index in [1.807, 2.05) is 25.1 Å². The van der Waals surface area contributed by atoms with E-state index in [2.05, 4.69) is 35.4 Å². The second-order valence-corrected chi connectivity index (χ2v) is 4.78. The first kappa shape index (κ1) is 13.3. The largest absolute Gasteiger partial charge is 0.309 e. The number of carbonyl (C=O) groups is 1. The normalized spacial score (nSPS) is 10.5. The third-order valence-electron chi connectivity index (χ3n) is 3.22. The van der Waals surface area contributed by atoms with Gasteiger partial charge in [-0.15, -0.1) is 0 Å². The van der Waals surface area contributed by atoms with E-state index in [1.54, 1.807) is 0 Å². The van der Waals surface area contributed by atoms with Gasteiger partial charge >= 0.3 is 0 Å². The Hall–Kier alpha value is -2.10. The van der Waals surface area contributed by atoms with Gasteiger partial charge in [0.25, 0.3) is 0 Å². The van der Waals surface area contributed by atoms with Crippen LogP contribution in [0.1, 0.15) is 29.3 Å². The van der Waals surface area contributed by atoms with Gasteiger partial charge in [0.05, 0.1) is 6.42 Å². The maximum absolute atomic E-state index is 11.9. The molecule has 2 N–H and O–H groups in total. The van der Waals surface area contributed by atoms with Crippen LogP contribution in [-0.4, -0.2) is 16.1 Å². The molecule has 0 atom stereocenters. The van der Waals surface area contributed by atoms with E-state index < -0.39 is 0 Å². The molecule has 2 aromatic rings. The molecule has 0 aliphatic rings. The van der Waals surface area contributed by atoms with Gasteiger partial charge in [-0.25, -0.2) is 0 Å². The Morgan fingerprint density at radius 1 is 1.26 bits per heavy atom. The van der Waals surface area contributed by atoms with Crippen LogP contribution in [0.15, 0.2) is 24.3 Å². The molecule has 0 aliphatic heterocycles. The first-order chi connectivity index (χ1) is 9.08. The number of amides is 1. The Morgan fingerprint density at radius 2 is 2.05 bits per heavy atom. The van der Waals surface area contributed by atoms with Gasteiger partial charge in [0, 0.05) is 11.8 Å². The summed E-state index contributed by atoms with van der Waals surface area (Å²) in [5.41, 5.74) is 4.48. The summed E-state index contributed by atoms with van der Waals surface area (Å²) < 4.78 is 0. The molecule has 0 fully saturated rings. The standard InChI is InChI=1S/C15H19N3O/c1-4-13-9-14(18-17-13)16-15(19)8-12-6-5-10(2)11(3)7-12/h5-7,9H,4,8H2,1-3H3,(H2,16,17,18,19). The van der Waals surface area contributed by atoms with Crippen molar-refractivity contribution >= 4 is 11.7 Å². The number of aromatic nitrogens is 2. The lowest BCUT2D eigenvalue weighted by atomic mass is 10.0. The predicted octanol–water partition coefficient (Wildman–Crippen LogP) is 2.77. The quantitative estimate of drug-likeness (QED) is 0.884. The van der Waals surface area contributed by atoms with E-state index in [4.69, 9.17) is 0 Å². The number of carbonyl (C=O) groups excluding carboxylic acids is 1. The summed E-state index contributed by atoms with van der Waals surface area (Å²) in [4.78, 5) is 11.9. The number of aromatic amines is 1. The zero-order valence-electron chi connectivity index (χ0n) is 11.6. The molecule has 0 radical (unpaired) electrons. The molecule has 0 spiro atoms. The number of benzene rings is 1. The van der Waals surface area contributed by atoms with Crippen LogP contribution in [0.25, 0.3) is 0 Å². The molecule has 0 unspecified atom stereocenters. The third-order valence-corrected chi connectivity index (χ3v) is 3.22. The summed E-state index contributed by atoms with van der Waals surface area (Å²) in [7, 11) is 0. The highest BCUT2D eigenvalue weighted by Gasteiger charge is 2.07. The first-order valence-electron chi connectivity index (χ1n) is 6.48. The lowest BCUT2D eigenvalue weighted by Gasteiger charge is -2.05. The first-order valence-corrected chi connectivity index (χ1v) is 6.48. The molecule has 1 amide bonds. The van der Waals surface area contributed by atoms with Gasteiger partial charge in [0.2, 0.25) is 5.91 Å². The smallest absolute Gasteiger partial charge is 0.229 e. The lowest BCUT2D eigenvalue weighted by molar-refractivity contribution is -0.115. The average molecular weight is 257 g/mol. The van der Waals surface area contributed by atoms with E-state index in [0.717, 1.165) is 17.7 Å². The van der Waals surface area contributed by atoms with Crippen molar-refractivity contribution in [2.24, 2.45) is 0 Å². The van der Waals surface area contributed by atoms with Crippen molar-refractivity contribution in [1.82, 2.24) is 10.2 Å². The molecule has 4 heteroatoms. The van der Waals surface area contributed by atoms with Crippen molar-refractivity contribution in [3.05, 3.63) is 46.6 Å². The van der Waals surface area contributed by atoms with Crippen molar-refractivity contribution in [2.75, 3.05) is 5.32 Å². The summed E-state index contributed by atoms with van der Waals surface area (Å²) in [6.07, 6.45) is 1.25. The molecule has 0 saturated heterocycles. The highest BCUT2D eigenvalue weighted by Crippen LogP contribution is 2.11. The predicted molar refractivity (Wildman–Crippen MR) is 76.2 cm³/mol. The molecular weight excluding hydrogens is 238 g/mol. The van der Waals surface area contributed by atoms with Gasteiger partial charge in [-0.3, -0.25) is 9.89 Å². The fourth-order valence-corrected chi connectivity index (χ4v) is 1.89. The molecule has 1 aromatic carbocycles. The summed E-state index contributed by atoms with van der Waals surface area (Å²) in [6.45, 7) is 6.15. The second-order valence-electron chi connectivity index (χ2n) is 4.78. The van der Waals surface area contributed by atoms with Crippen LogP contribution in [0.5, 0.6) is 0 Å². The van der Waals surface area contributed by atoms with Crippen LogP contribution in [-0.2, 0) is 17.6 Å². The molecule has 1 heterocycles. The summed E-state index contributed by atoms with van der Waals surface area (Å²) in [5.74, 6) is 0.545. The fraction of sp³-hybridized carbons (Fsp3) is 0.333. The van der Waals surface area contributed by atoms with Gasteiger partial charge < -0.3 is 5.32 Å². The Labute approximate surface area is 113 Å². The maximum atomic E-state index is 11.9. The summed E-state index contributed by atoms with van der Waals surface area (Å²) >= 11 is 0. The number of anilines is 1. The Morgan fingerprint density at radius 3 is 2.68 bits per heavy atom. The third kappa shape index (κ3) is 3.44. The Balaban J connectivity index is 1.98. The average Bonchev–Trinajstić information content (AvgIpc) is 2.81. The molecule has 4 nitrogen and oxygen atoms in total. The van der Waals surface area contributed by atoms with Gasteiger partial charge in [0.1, 0.15) is 0 Å². The van der Waals surface area contributed by atoms with Crippen LogP contribution in [0.3, 0.4) is 0 Å². The molecule has 19 heavy (non-hydrogen) atoms. The van der Waals surface area contributed by atoms with Crippen molar-refractivity contribution < 1.29 is 4.79 Å². The molecule has 0 bridgehead atoms. The Bertz CT molecular complexity index is 587. The van der Waals surface area contributed by atoms with E-state index in [1.165, 1.54) is 11.1 Å². The monoisotopic (exact) mass is 257 g/mol. The van der Waals surface area contributed by atoms with Crippen LogP contribution in [0, 0.1) is 13.8 Å². The molecule has 100 valence electrons. The maximum Gasteiger partial charge on any atom is 0.229 e. The minimum atomic E-state index is -0.0441. The van der Waals surface area contributed by atoms with Crippen LogP contribution < -0.4 is 5.32 Å². The van der Waals surface area contributed by atoms with Crippen molar-refractivity contribution in [3.8, 4) is 0 Å². The zero-order valence-corrected chi connectivity index (χ0v) is 11.6. The summed E-state index contributed by atoms with van der Waals surface area (Å²) in [5, 5.41) is 9.72. The van der Waals surface area contributed by atoms with Crippen LogP contribution >= 0.6 is 0 Å². The molecular formula is C15H19N3O. The molecule has 1 aromatic heterocycles. The van der Waals surface area contributed by atoms with Crippen molar-refractivity contribution in [2.45, 2.75) is 33.6 Å². The minimum Gasteiger partial charge on any atom is -0.309 e. The second kappa shape index (κ2) is 5.69. The van der Waals surface area contributed by atoms with E-state index in [9.17, 15) is 4.79 Å². The fourth-order valence-electron chi connectivity index (χ4n) is 1.89. The number of H-pyrrole nitrogens is 1. The van der Waals surface area contributed by atoms with Gasteiger partial charge in [0.15, 0.2) is 5.82 Å². The topological polar surface area (TPSA) is 57.8 Å². The Kier molecular flexibility index (Phi) is 4.00. The zero-order chi connectivity index (χ0) is 13.8. The van der Waals surface area contributed by atoms with Gasteiger partial charge in [-0.2, -0.15) is 5.10 Å². The van der Waals surface area contributed by atoms with Gasteiger partial charge in [-0.05, 0) is 37.0 Å². The van der Waals surface area contributed by atoms with E-state index >= 15 is 0 Å². The highest BCUT2D eigenvalue weighted by atomic mass is 16.1. The number of aryl methyl sites for hydroxylation is 3. The van der Waals surface area contributed by atoms with Crippen LogP contribution in [0.2, 0.25) is 0 Å². The number of hydrogen-bond acceptors (Lipinski definition) is 2. The van der Waals surface area contributed by atoms with Gasteiger partial charge in [-0.1, -0.05) is 25.1 Å². The van der Waals surface area contributed by atoms with Crippen molar-refractivity contribution in [3.63, 3.8) is 0 Å². The summed E-state index contributed by atoms with van der Waals surface area (Å²) in [6, 6.07) is 7.95. The number of hydrogen-bond donors (Lipinski definition) is 2. The highest BCUT2D eigenvalue weighted by molar-refractivity contribution is 5.91. The van der Waals surface area contributed by atoms with E-state index in [-0.39, 0.29) is 5.91 Å². The minimum absolute atomic E-state index is 0.0441. The number of nitrogens with one attached hydrogen (secondary N) is 2. The van der Waals surface area contributed by atoms with Crippen molar-refractivity contribution in [1.29, 1.82) is 0 Å². The molecule has 0 saturated carbocycles.